The minimum Gasteiger partial charge on any atom is -0.493 e. The molecule has 0 unspecified atom stereocenters. The Kier molecular flexibility index (Phi) is 6.68. The zero-order valence-electron chi connectivity index (χ0n) is 13.1. The summed E-state index contributed by atoms with van der Waals surface area (Å²) in [4.78, 5) is 13.4. The van der Waals surface area contributed by atoms with E-state index in [4.69, 9.17) is 15.6 Å². The Morgan fingerprint density at radius 3 is 2.73 bits per heavy atom. The van der Waals surface area contributed by atoms with Crippen LogP contribution in [0.15, 0.2) is 18.2 Å². The Bertz CT molecular complexity index is 485. The van der Waals surface area contributed by atoms with Crippen LogP contribution in [0.4, 0.5) is 0 Å². The van der Waals surface area contributed by atoms with Crippen LogP contribution in [0, 0.1) is 0 Å². The molecule has 0 spiro atoms. The SMILES string of the molecule is NCCCOc1cc(CN2CCCCC2)ccc1CC(=O)O. The topological polar surface area (TPSA) is 75.8 Å². The van der Waals surface area contributed by atoms with Crippen molar-refractivity contribution in [2.24, 2.45) is 5.73 Å². The van der Waals surface area contributed by atoms with Gasteiger partial charge in [-0.25, -0.2) is 0 Å². The monoisotopic (exact) mass is 306 g/mol. The number of nitrogens with zero attached hydrogens (tertiary/aromatic N) is 1. The van der Waals surface area contributed by atoms with Crippen molar-refractivity contribution in [2.45, 2.75) is 38.6 Å². The van der Waals surface area contributed by atoms with E-state index in [-0.39, 0.29) is 6.42 Å². The van der Waals surface area contributed by atoms with Gasteiger partial charge in [0.1, 0.15) is 5.75 Å². The number of nitrogens with two attached hydrogens (primary N) is 1. The molecule has 22 heavy (non-hydrogen) atoms. The lowest BCUT2D eigenvalue weighted by Crippen LogP contribution is -2.29. The molecular formula is C17H26N2O3. The average molecular weight is 306 g/mol. The number of likely N-dealkylation sites (tertiary alicyclic amines) is 1. The molecule has 0 atom stereocenters. The second kappa shape index (κ2) is 8.76. The maximum atomic E-state index is 11.0. The fourth-order valence-electron chi connectivity index (χ4n) is 2.78. The van der Waals surface area contributed by atoms with Crippen molar-refractivity contribution in [1.82, 2.24) is 4.90 Å². The van der Waals surface area contributed by atoms with Gasteiger partial charge in [0, 0.05) is 12.1 Å². The quantitative estimate of drug-likeness (QED) is 0.719. The van der Waals surface area contributed by atoms with Crippen molar-refractivity contribution in [3.8, 4) is 5.75 Å². The van der Waals surface area contributed by atoms with E-state index in [1.54, 1.807) is 0 Å². The zero-order valence-corrected chi connectivity index (χ0v) is 13.1. The molecule has 0 amide bonds. The summed E-state index contributed by atoms with van der Waals surface area (Å²) in [5, 5.41) is 9.01. The van der Waals surface area contributed by atoms with E-state index in [2.05, 4.69) is 4.90 Å². The Balaban J connectivity index is 2.06. The number of ether oxygens (including phenoxy) is 1. The van der Waals surface area contributed by atoms with E-state index in [0.717, 1.165) is 31.6 Å². The third-order valence-electron chi connectivity index (χ3n) is 3.93. The third kappa shape index (κ3) is 5.31. The fourth-order valence-corrected chi connectivity index (χ4v) is 2.78. The highest BCUT2D eigenvalue weighted by Crippen LogP contribution is 2.23. The van der Waals surface area contributed by atoms with Gasteiger partial charge < -0.3 is 15.6 Å². The summed E-state index contributed by atoms with van der Waals surface area (Å²) >= 11 is 0. The van der Waals surface area contributed by atoms with Crippen LogP contribution < -0.4 is 10.5 Å². The number of aliphatic carboxylic acids is 1. The van der Waals surface area contributed by atoms with Gasteiger partial charge in [-0.3, -0.25) is 9.69 Å². The smallest absolute Gasteiger partial charge is 0.307 e. The first-order valence-corrected chi connectivity index (χ1v) is 8.08. The van der Waals surface area contributed by atoms with Crippen molar-refractivity contribution in [3.05, 3.63) is 29.3 Å². The van der Waals surface area contributed by atoms with Gasteiger partial charge >= 0.3 is 5.97 Å². The van der Waals surface area contributed by atoms with Crippen LogP contribution in [0.25, 0.3) is 0 Å². The Morgan fingerprint density at radius 1 is 1.27 bits per heavy atom. The molecule has 1 aliphatic rings. The van der Waals surface area contributed by atoms with Crippen molar-refractivity contribution in [3.63, 3.8) is 0 Å². The first kappa shape index (κ1) is 16.8. The number of carboxylic acids is 1. The van der Waals surface area contributed by atoms with Crippen LogP contribution in [0.2, 0.25) is 0 Å². The van der Waals surface area contributed by atoms with E-state index in [9.17, 15) is 4.79 Å². The number of carbonyl (C=O) groups is 1. The molecule has 1 heterocycles. The second-order valence-electron chi connectivity index (χ2n) is 5.84. The Labute approximate surface area is 132 Å². The summed E-state index contributed by atoms with van der Waals surface area (Å²) in [5.41, 5.74) is 7.39. The molecule has 122 valence electrons. The molecule has 0 aromatic heterocycles. The lowest BCUT2D eigenvalue weighted by Gasteiger charge is -2.26. The van der Waals surface area contributed by atoms with E-state index >= 15 is 0 Å². The van der Waals surface area contributed by atoms with Crippen molar-refractivity contribution >= 4 is 5.97 Å². The van der Waals surface area contributed by atoms with Gasteiger partial charge in [0.05, 0.1) is 13.0 Å². The highest BCUT2D eigenvalue weighted by Gasteiger charge is 2.13. The summed E-state index contributed by atoms with van der Waals surface area (Å²) < 4.78 is 5.75. The van der Waals surface area contributed by atoms with E-state index < -0.39 is 5.97 Å². The molecule has 0 radical (unpaired) electrons. The summed E-state index contributed by atoms with van der Waals surface area (Å²) in [6.45, 7) is 4.28. The van der Waals surface area contributed by atoms with Gasteiger partial charge in [0.2, 0.25) is 0 Å². The van der Waals surface area contributed by atoms with Crippen LogP contribution in [0.5, 0.6) is 5.75 Å². The molecule has 0 aliphatic carbocycles. The van der Waals surface area contributed by atoms with Crippen molar-refractivity contribution < 1.29 is 14.6 Å². The molecule has 1 aromatic carbocycles. The van der Waals surface area contributed by atoms with Gasteiger partial charge in [-0.1, -0.05) is 18.6 Å². The molecule has 1 fully saturated rings. The summed E-state index contributed by atoms with van der Waals surface area (Å²) in [7, 11) is 0. The van der Waals surface area contributed by atoms with Crippen LogP contribution >= 0.6 is 0 Å². The number of piperidine rings is 1. The molecule has 3 N–H and O–H groups in total. The second-order valence-corrected chi connectivity index (χ2v) is 5.84. The summed E-state index contributed by atoms with van der Waals surface area (Å²) in [6, 6.07) is 5.89. The molecular weight excluding hydrogens is 280 g/mol. The molecule has 0 bridgehead atoms. The molecule has 2 rings (SSSR count). The van der Waals surface area contributed by atoms with Crippen molar-refractivity contribution in [1.29, 1.82) is 0 Å². The van der Waals surface area contributed by atoms with Crippen LogP contribution in [0.3, 0.4) is 0 Å². The molecule has 5 heteroatoms. The summed E-state index contributed by atoms with van der Waals surface area (Å²) in [5.74, 6) is -0.155. The molecule has 1 saturated heterocycles. The standard InChI is InChI=1S/C17H26N2O3/c18-7-4-10-22-16-11-14(5-6-15(16)12-17(20)21)13-19-8-2-1-3-9-19/h5-6,11H,1-4,7-10,12-13,18H2,(H,20,21). The van der Waals surface area contributed by atoms with Gasteiger partial charge in [0.25, 0.3) is 0 Å². The first-order valence-electron chi connectivity index (χ1n) is 8.08. The highest BCUT2D eigenvalue weighted by molar-refractivity contribution is 5.71. The van der Waals surface area contributed by atoms with Crippen LogP contribution in [-0.4, -0.2) is 42.2 Å². The van der Waals surface area contributed by atoms with E-state index in [0.29, 0.717) is 18.9 Å². The lowest BCUT2D eigenvalue weighted by molar-refractivity contribution is -0.136. The largest absolute Gasteiger partial charge is 0.493 e. The predicted molar refractivity (Wildman–Crippen MR) is 86.1 cm³/mol. The predicted octanol–water partition coefficient (Wildman–Crippen LogP) is 2.03. The average Bonchev–Trinajstić information content (AvgIpc) is 2.50. The normalized spacial score (nSPS) is 15.7. The van der Waals surface area contributed by atoms with Crippen LogP contribution in [-0.2, 0) is 17.8 Å². The number of rotatable bonds is 8. The number of hydrogen-bond acceptors (Lipinski definition) is 4. The summed E-state index contributed by atoms with van der Waals surface area (Å²) in [6.07, 6.45) is 4.60. The maximum absolute atomic E-state index is 11.0. The third-order valence-corrected chi connectivity index (χ3v) is 3.93. The first-order chi connectivity index (χ1) is 10.7. The fraction of sp³-hybridized carbons (Fsp3) is 0.588. The van der Waals surface area contributed by atoms with Gasteiger partial charge in [-0.15, -0.1) is 0 Å². The number of benzene rings is 1. The highest BCUT2D eigenvalue weighted by atomic mass is 16.5. The molecule has 5 nitrogen and oxygen atoms in total. The van der Waals surface area contributed by atoms with Gasteiger partial charge in [-0.2, -0.15) is 0 Å². The van der Waals surface area contributed by atoms with E-state index in [1.807, 2.05) is 18.2 Å². The molecule has 1 aliphatic heterocycles. The molecule has 0 saturated carbocycles. The minimum absolute atomic E-state index is 0.0120. The zero-order chi connectivity index (χ0) is 15.8. The number of carboxylic acid groups (broad SMARTS) is 1. The Morgan fingerprint density at radius 2 is 2.05 bits per heavy atom. The maximum Gasteiger partial charge on any atom is 0.307 e. The lowest BCUT2D eigenvalue weighted by atomic mass is 10.1. The van der Waals surface area contributed by atoms with Gasteiger partial charge in [0.15, 0.2) is 0 Å². The Hall–Kier alpha value is -1.59. The van der Waals surface area contributed by atoms with Crippen molar-refractivity contribution in [2.75, 3.05) is 26.2 Å². The van der Waals surface area contributed by atoms with Gasteiger partial charge in [-0.05, 0) is 50.5 Å². The van der Waals surface area contributed by atoms with E-state index in [1.165, 1.54) is 24.8 Å². The number of hydrogen-bond donors (Lipinski definition) is 2. The minimum atomic E-state index is -0.840. The molecule has 1 aromatic rings. The van der Waals surface area contributed by atoms with Crippen LogP contribution in [0.1, 0.15) is 36.8 Å².